The summed E-state index contributed by atoms with van der Waals surface area (Å²) in [5.74, 6) is 0.171. The molecule has 0 atom stereocenters. The van der Waals surface area contributed by atoms with Crippen LogP contribution in [0.4, 0.5) is 5.13 Å². The second-order valence-electron chi connectivity index (χ2n) is 4.52. The summed E-state index contributed by atoms with van der Waals surface area (Å²) in [7, 11) is 0. The van der Waals surface area contributed by atoms with Gasteiger partial charge in [0.25, 0.3) is 5.91 Å². The summed E-state index contributed by atoms with van der Waals surface area (Å²) in [6.45, 7) is -0.137. The van der Waals surface area contributed by atoms with E-state index in [1.807, 2.05) is 23.6 Å². The zero-order chi connectivity index (χ0) is 16.1. The highest BCUT2D eigenvalue weighted by molar-refractivity contribution is 7.14. The van der Waals surface area contributed by atoms with Crippen LogP contribution in [0.2, 0.25) is 5.02 Å². The number of carbonyl (C=O) groups is 1. The molecule has 116 valence electrons. The maximum atomic E-state index is 11.9. The quantitative estimate of drug-likeness (QED) is 0.762. The summed E-state index contributed by atoms with van der Waals surface area (Å²) in [6.07, 6.45) is 1.70. The molecule has 1 aromatic carbocycles. The van der Waals surface area contributed by atoms with Gasteiger partial charge in [-0.3, -0.25) is 15.1 Å². The fourth-order valence-corrected chi connectivity index (χ4v) is 2.73. The molecule has 0 aliphatic carbocycles. The van der Waals surface area contributed by atoms with Crippen molar-refractivity contribution in [2.45, 2.75) is 0 Å². The van der Waals surface area contributed by atoms with Crippen LogP contribution in [0.3, 0.4) is 0 Å². The van der Waals surface area contributed by atoms with Crippen molar-refractivity contribution in [1.29, 1.82) is 0 Å². The van der Waals surface area contributed by atoms with Gasteiger partial charge in [0.1, 0.15) is 11.4 Å². The number of hydrogen-bond donors (Lipinski definition) is 1. The monoisotopic (exact) mass is 345 g/mol. The number of thiazole rings is 1. The van der Waals surface area contributed by atoms with Gasteiger partial charge in [-0.15, -0.1) is 11.3 Å². The average Bonchev–Trinajstić information content (AvgIpc) is 3.03. The first-order chi connectivity index (χ1) is 11.2. The maximum absolute atomic E-state index is 11.9. The lowest BCUT2D eigenvalue weighted by molar-refractivity contribution is -0.118. The molecule has 0 unspecified atom stereocenters. The van der Waals surface area contributed by atoms with Crippen LogP contribution >= 0.6 is 22.9 Å². The molecule has 0 bridgehead atoms. The van der Waals surface area contributed by atoms with Crippen LogP contribution in [0.15, 0.2) is 54.0 Å². The van der Waals surface area contributed by atoms with Crippen molar-refractivity contribution in [1.82, 2.24) is 9.97 Å². The van der Waals surface area contributed by atoms with E-state index in [4.69, 9.17) is 16.3 Å². The second-order valence-corrected chi connectivity index (χ2v) is 5.79. The average molecular weight is 346 g/mol. The van der Waals surface area contributed by atoms with E-state index in [9.17, 15) is 4.79 Å². The lowest BCUT2D eigenvalue weighted by Crippen LogP contribution is -2.20. The Morgan fingerprint density at radius 2 is 2.00 bits per heavy atom. The number of nitrogens with one attached hydrogen (secondary N) is 1. The number of carbonyl (C=O) groups excluding carboxylic acids is 1. The maximum Gasteiger partial charge on any atom is 0.264 e. The zero-order valence-corrected chi connectivity index (χ0v) is 13.5. The second kappa shape index (κ2) is 7.21. The molecular formula is C16H12ClN3O2S. The van der Waals surface area contributed by atoms with E-state index in [-0.39, 0.29) is 12.5 Å². The summed E-state index contributed by atoms with van der Waals surface area (Å²) in [5.41, 5.74) is 1.48. The van der Waals surface area contributed by atoms with Gasteiger partial charge in [-0.1, -0.05) is 29.8 Å². The largest absolute Gasteiger partial charge is 0.482 e. The first-order valence-corrected chi connectivity index (χ1v) is 8.02. The van der Waals surface area contributed by atoms with Gasteiger partial charge in [-0.2, -0.15) is 0 Å². The Morgan fingerprint density at radius 1 is 1.17 bits per heavy atom. The van der Waals surface area contributed by atoms with Gasteiger partial charge in [0.15, 0.2) is 11.7 Å². The molecule has 1 amide bonds. The molecule has 0 radical (unpaired) electrons. The highest BCUT2D eigenvalue weighted by Gasteiger charge is 2.10. The standard InChI is InChI=1S/C16H12ClN3O2S/c17-11-5-1-2-7-14(11)22-9-15(21)20-16-19-13(10-23-16)12-6-3-4-8-18-12/h1-8,10H,9H2,(H,19,20,21). The van der Waals surface area contributed by atoms with Gasteiger partial charge >= 0.3 is 0 Å². The lowest BCUT2D eigenvalue weighted by atomic mass is 10.3. The first-order valence-electron chi connectivity index (χ1n) is 6.76. The Balaban J connectivity index is 1.58. The van der Waals surface area contributed by atoms with E-state index in [1.165, 1.54) is 11.3 Å². The number of rotatable bonds is 5. The minimum Gasteiger partial charge on any atom is -0.482 e. The number of hydrogen-bond acceptors (Lipinski definition) is 5. The molecule has 0 aliphatic rings. The van der Waals surface area contributed by atoms with E-state index in [2.05, 4.69) is 15.3 Å². The van der Waals surface area contributed by atoms with Crippen molar-refractivity contribution in [2.75, 3.05) is 11.9 Å². The molecule has 1 N–H and O–H groups in total. The van der Waals surface area contributed by atoms with Gasteiger partial charge < -0.3 is 4.74 Å². The molecule has 3 rings (SSSR count). The van der Waals surface area contributed by atoms with E-state index in [1.54, 1.807) is 30.5 Å². The molecule has 5 nitrogen and oxygen atoms in total. The highest BCUT2D eigenvalue weighted by Crippen LogP contribution is 2.24. The predicted molar refractivity (Wildman–Crippen MR) is 90.9 cm³/mol. The van der Waals surface area contributed by atoms with Gasteiger partial charge in [0.05, 0.1) is 10.7 Å². The third kappa shape index (κ3) is 4.06. The van der Waals surface area contributed by atoms with Gasteiger partial charge in [-0.25, -0.2) is 4.98 Å². The fraction of sp³-hybridized carbons (Fsp3) is 0.0625. The molecular weight excluding hydrogens is 334 g/mol. The Morgan fingerprint density at radius 3 is 2.78 bits per heavy atom. The predicted octanol–water partition coefficient (Wildman–Crippen LogP) is 3.88. The summed E-state index contributed by atoms with van der Waals surface area (Å²) in [4.78, 5) is 20.5. The zero-order valence-electron chi connectivity index (χ0n) is 11.9. The fourth-order valence-electron chi connectivity index (χ4n) is 1.82. The summed E-state index contributed by atoms with van der Waals surface area (Å²) >= 11 is 7.30. The minimum absolute atomic E-state index is 0.137. The normalized spacial score (nSPS) is 10.3. The molecule has 2 heterocycles. The molecule has 0 spiro atoms. The van der Waals surface area contributed by atoms with Crippen LogP contribution in [0, 0.1) is 0 Å². The summed E-state index contributed by atoms with van der Waals surface area (Å²) in [6, 6.07) is 12.6. The van der Waals surface area contributed by atoms with Crippen molar-refractivity contribution < 1.29 is 9.53 Å². The summed E-state index contributed by atoms with van der Waals surface area (Å²) < 4.78 is 5.38. The number of anilines is 1. The van der Waals surface area contributed by atoms with Crippen LogP contribution in [0.1, 0.15) is 0 Å². The van der Waals surface area contributed by atoms with Gasteiger partial charge in [0, 0.05) is 11.6 Å². The number of pyridine rings is 1. The third-order valence-electron chi connectivity index (χ3n) is 2.87. The Bertz CT molecular complexity index is 808. The smallest absolute Gasteiger partial charge is 0.264 e. The van der Waals surface area contributed by atoms with Gasteiger partial charge in [-0.05, 0) is 24.3 Å². The number of ether oxygens (including phenoxy) is 1. The van der Waals surface area contributed by atoms with Crippen molar-refractivity contribution in [3.8, 4) is 17.1 Å². The van der Waals surface area contributed by atoms with Crippen molar-refractivity contribution >= 4 is 34.0 Å². The molecule has 7 heteroatoms. The molecule has 3 aromatic rings. The highest BCUT2D eigenvalue weighted by atomic mass is 35.5. The van der Waals surface area contributed by atoms with Crippen LogP contribution in [-0.2, 0) is 4.79 Å². The molecule has 0 saturated heterocycles. The van der Waals surface area contributed by atoms with E-state index < -0.39 is 0 Å². The van der Waals surface area contributed by atoms with Crippen LogP contribution in [-0.4, -0.2) is 22.5 Å². The van der Waals surface area contributed by atoms with E-state index in [0.29, 0.717) is 15.9 Å². The van der Waals surface area contributed by atoms with Crippen LogP contribution in [0.5, 0.6) is 5.75 Å². The number of para-hydroxylation sites is 1. The number of aromatic nitrogens is 2. The third-order valence-corrected chi connectivity index (χ3v) is 3.94. The number of nitrogens with zero attached hydrogens (tertiary/aromatic N) is 2. The Kier molecular flexibility index (Phi) is 4.85. The minimum atomic E-state index is -0.299. The SMILES string of the molecule is O=C(COc1ccccc1Cl)Nc1nc(-c2ccccn2)cs1. The van der Waals surface area contributed by atoms with Crippen molar-refractivity contribution in [3.05, 3.63) is 59.1 Å². The topological polar surface area (TPSA) is 64.1 Å². The van der Waals surface area contributed by atoms with Gasteiger partial charge in [0.2, 0.25) is 0 Å². The Hall–Kier alpha value is -2.44. The lowest BCUT2D eigenvalue weighted by Gasteiger charge is -2.06. The Labute approximate surface area is 141 Å². The molecule has 2 aromatic heterocycles. The number of benzene rings is 1. The van der Waals surface area contributed by atoms with Crippen molar-refractivity contribution in [3.63, 3.8) is 0 Å². The number of halogens is 1. The number of amides is 1. The van der Waals surface area contributed by atoms with E-state index >= 15 is 0 Å². The summed E-state index contributed by atoms with van der Waals surface area (Å²) in [5, 5.41) is 5.50. The molecule has 0 aliphatic heterocycles. The van der Waals surface area contributed by atoms with Crippen molar-refractivity contribution in [2.24, 2.45) is 0 Å². The van der Waals surface area contributed by atoms with E-state index in [0.717, 1.165) is 11.4 Å². The first kappa shape index (κ1) is 15.5. The molecule has 0 saturated carbocycles. The van der Waals surface area contributed by atoms with Crippen LogP contribution < -0.4 is 10.1 Å². The van der Waals surface area contributed by atoms with Crippen LogP contribution in [0.25, 0.3) is 11.4 Å². The molecule has 0 fully saturated rings. The molecule has 23 heavy (non-hydrogen) atoms.